The summed E-state index contributed by atoms with van der Waals surface area (Å²) in [4.78, 5) is 28.3. The van der Waals surface area contributed by atoms with E-state index in [1.807, 2.05) is 6.92 Å². The zero-order chi connectivity index (χ0) is 27.6. The number of anilines is 1. The largest absolute Gasteiger partial charge is 0.497 e. The van der Waals surface area contributed by atoms with Gasteiger partial charge in [0.05, 0.1) is 12.8 Å². The third-order valence-electron chi connectivity index (χ3n) is 5.84. The molecule has 1 atom stereocenters. The van der Waals surface area contributed by atoms with E-state index in [2.05, 4.69) is 5.32 Å². The Morgan fingerprint density at radius 2 is 1.76 bits per heavy atom. The van der Waals surface area contributed by atoms with Crippen LogP contribution in [-0.2, 0) is 26.3 Å². The number of ether oxygens (including phenoxy) is 1. The monoisotopic (exact) mass is 536 g/mol. The van der Waals surface area contributed by atoms with Gasteiger partial charge in [0, 0.05) is 27.2 Å². The molecule has 37 heavy (non-hydrogen) atoms. The molecule has 1 unspecified atom stereocenters. The van der Waals surface area contributed by atoms with Crippen LogP contribution in [-0.4, -0.2) is 69.8 Å². The molecule has 2 rings (SSSR count). The summed E-state index contributed by atoms with van der Waals surface area (Å²) in [6, 6.07) is 11.1. The highest BCUT2D eigenvalue weighted by atomic mass is 32.2. The molecule has 0 spiro atoms. The lowest BCUT2D eigenvalue weighted by Crippen LogP contribution is -2.53. The third-order valence-corrected chi connectivity index (χ3v) is 7.66. The first-order valence-corrected chi connectivity index (χ1v) is 13.6. The van der Waals surface area contributed by atoms with Gasteiger partial charge in [0.2, 0.25) is 11.8 Å². The minimum atomic E-state index is -4.11. The molecule has 2 amide bonds. The van der Waals surface area contributed by atoms with Gasteiger partial charge in [-0.3, -0.25) is 9.59 Å². The molecule has 0 saturated heterocycles. The van der Waals surface area contributed by atoms with Crippen LogP contribution in [0.1, 0.15) is 38.7 Å². The Morgan fingerprint density at radius 1 is 1.08 bits per heavy atom. The number of methoxy groups -OCH3 is 1. The Morgan fingerprint density at radius 3 is 2.32 bits per heavy atom. The number of amides is 2. The van der Waals surface area contributed by atoms with Crippen LogP contribution in [0.3, 0.4) is 0 Å². The molecule has 0 heterocycles. The van der Waals surface area contributed by atoms with Crippen molar-refractivity contribution in [1.82, 2.24) is 14.5 Å². The smallest absolute Gasteiger partial charge is 0.304 e. The lowest BCUT2D eigenvalue weighted by atomic mass is 10.1. The first kappa shape index (κ1) is 30.0. The van der Waals surface area contributed by atoms with Gasteiger partial charge in [-0.2, -0.15) is 12.7 Å². The van der Waals surface area contributed by atoms with Crippen LogP contribution < -0.4 is 14.4 Å². The van der Waals surface area contributed by atoms with E-state index in [1.54, 1.807) is 31.2 Å². The molecule has 0 aliphatic carbocycles. The first-order valence-electron chi connectivity index (χ1n) is 12.2. The van der Waals surface area contributed by atoms with Crippen molar-refractivity contribution in [2.45, 2.75) is 45.7 Å². The molecule has 0 aromatic heterocycles. The van der Waals surface area contributed by atoms with Crippen molar-refractivity contribution in [2.24, 2.45) is 0 Å². The van der Waals surface area contributed by atoms with E-state index in [-0.39, 0.29) is 18.1 Å². The second-order valence-electron chi connectivity index (χ2n) is 8.72. The topological polar surface area (TPSA) is 99.3 Å². The maximum absolute atomic E-state index is 13.8. The zero-order valence-electron chi connectivity index (χ0n) is 22.1. The predicted molar refractivity (Wildman–Crippen MR) is 142 cm³/mol. The molecule has 204 valence electrons. The molecule has 2 aromatic carbocycles. The van der Waals surface area contributed by atoms with Crippen molar-refractivity contribution in [3.63, 3.8) is 0 Å². The van der Waals surface area contributed by atoms with Crippen molar-refractivity contribution >= 4 is 27.7 Å². The fourth-order valence-electron chi connectivity index (χ4n) is 3.72. The van der Waals surface area contributed by atoms with Gasteiger partial charge in [-0.15, -0.1) is 0 Å². The Balaban J connectivity index is 2.47. The molecule has 0 bridgehead atoms. The number of carbonyl (C=O) groups is 2. The molecular weight excluding hydrogens is 499 g/mol. The highest BCUT2D eigenvalue weighted by molar-refractivity contribution is 7.90. The summed E-state index contributed by atoms with van der Waals surface area (Å²) < 4.78 is 47.1. The van der Waals surface area contributed by atoms with Gasteiger partial charge >= 0.3 is 10.2 Å². The summed E-state index contributed by atoms with van der Waals surface area (Å²) in [5.41, 5.74) is 0.849. The molecule has 2 aromatic rings. The molecule has 0 aliphatic heterocycles. The van der Waals surface area contributed by atoms with Gasteiger partial charge in [-0.1, -0.05) is 32.4 Å². The average Bonchev–Trinajstić information content (AvgIpc) is 2.87. The molecule has 11 heteroatoms. The number of hydrogen-bond donors (Lipinski definition) is 1. The normalized spacial score (nSPS) is 12.2. The molecular formula is C26H37FN4O5S. The predicted octanol–water partition coefficient (Wildman–Crippen LogP) is 3.17. The van der Waals surface area contributed by atoms with Crippen molar-refractivity contribution in [3.05, 3.63) is 59.9 Å². The van der Waals surface area contributed by atoms with Gasteiger partial charge in [0.1, 0.15) is 24.2 Å². The summed E-state index contributed by atoms with van der Waals surface area (Å²) in [7, 11) is 0.117. The minimum absolute atomic E-state index is 0.0645. The number of nitrogens with one attached hydrogen (secondary N) is 1. The number of unbranched alkanes of at least 4 members (excludes halogenated alkanes) is 1. The fraction of sp³-hybridized carbons (Fsp3) is 0.462. The second-order valence-corrected chi connectivity index (χ2v) is 10.8. The van der Waals surface area contributed by atoms with Crippen molar-refractivity contribution in [3.8, 4) is 5.75 Å². The van der Waals surface area contributed by atoms with E-state index in [9.17, 15) is 22.4 Å². The lowest BCUT2D eigenvalue weighted by molar-refractivity contribution is -0.140. The van der Waals surface area contributed by atoms with Gasteiger partial charge in [0.15, 0.2) is 0 Å². The van der Waals surface area contributed by atoms with Crippen LogP contribution in [0.15, 0.2) is 48.5 Å². The maximum Gasteiger partial charge on any atom is 0.304 e. The third kappa shape index (κ3) is 8.16. The fourth-order valence-corrected chi connectivity index (χ4v) is 4.77. The summed E-state index contributed by atoms with van der Waals surface area (Å²) in [5.74, 6) is -0.828. The number of rotatable bonds is 14. The van der Waals surface area contributed by atoms with Crippen LogP contribution >= 0.6 is 0 Å². The molecule has 1 N–H and O–H groups in total. The Kier molecular flexibility index (Phi) is 11.3. The van der Waals surface area contributed by atoms with Crippen LogP contribution in [0.25, 0.3) is 0 Å². The SMILES string of the molecule is CCCCNC(=O)C(CC)N(Cc1cccc(OC)c1)C(=O)CN(c1ccc(F)cc1)S(=O)(=O)N(C)C. The molecule has 9 nitrogen and oxygen atoms in total. The molecule has 0 radical (unpaired) electrons. The van der Waals surface area contributed by atoms with E-state index < -0.39 is 34.5 Å². The summed E-state index contributed by atoms with van der Waals surface area (Å²) in [6.07, 6.45) is 2.02. The Bertz CT molecular complexity index is 1140. The summed E-state index contributed by atoms with van der Waals surface area (Å²) in [5, 5.41) is 2.88. The van der Waals surface area contributed by atoms with Crippen LogP contribution in [0.2, 0.25) is 0 Å². The van der Waals surface area contributed by atoms with Crippen molar-refractivity contribution < 1.29 is 27.1 Å². The van der Waals surface area contributed by atoms with E-state index >= 15 is 0 Å². The summed E-state index contributed by atoms with van der Waals surface area (Å²) >= 11 is 0. The highest BCUT2D eigenvalue weighted by Gasteiger charge is 2.33. The Labute approximate surface area is 219 Å². The van der Waals surface area contributed by atoms with Crippen LogP contribution in [0, 0.1) is 5.82 Å². The first-order chi connectivity index (χ1) is 17.5. The molecule has 0 aliphatic rings. The van der Waals surface area contributed by atoms with Gasteiger partial charge < -0.3 is 15.0 Å². The minimum Gasteiger partial charge on any atom is -0.497 e. The maximum atomic E-state index is 13.8. The van der Waals surface area contributed by atoms with Crippen molar-refractivity contribution in [1.29, 1.82) is 0 Å². The van der Waals surface area contributed by atoms with Gasteiger partial charge in [0.25, 0.3) is 0 Å². The average molecular weight is 537 g/mol. The molecule has 0 fully saturated rings. The summed E-state index contributed by atoms with van der Waals surface area (Å²) in [6.45, 7) is 3.77. The number of nitrogens with zero attached hydrogens (tertiary/aromatic N) is 3. The van der Waals surface area contributed by atoms with Gasteiger partial charge in [-0.25, -0.2) is 8.70 Å². The van der Waals surface area contributed by atoms with Crippen LogP contribution in [0.5, 0.6) is 5.75 Å². The number of hydrogen-bond acceptors (Lipinski definition) is 5. The van der Waals surface area contributed by atoms with E-state index in [1.165, 1.54) is 38.2 Å². The number of halogens is 1. The highest BCUT2D eigenvalue weighted by Crippen LogP contribution is 2.22. The number of benzene rings is 2. The van der Waals surface area contributed by atoms with Crippen LogP contribution in [0.4, 0.5) is 10.1 Å². The van der Waals surface area contributed by atoms with Crippen molar-refractivity contribution in [2.75, 3.05) is 38.6 Å². The second kappa shape index (κ2) is 13.9. The quantitative estimate of drug-likeness (QED) is 0.374. The Hall–Kier alpha value is -3.18. The van der Waals surface area contributed by atoms with E-state index in [0.29, 0.717) is 18.7 Å². The van der Waals surface area contributed by atoms with Gasteiger partial charge in [-0.05, 0) is 54.8 Å². The number of carbonyl (C=O) groups excluding carboxylic acids is 2. The van der Waals surface area contributed by atoms with E-state index in [4.69, 9.17) is 4.74 Å². The standard InChI is InChI=1S/C26H37FN4O5S/c1-6-8-16-28-26(33)24(7-2)30(18-20-10-9-11-23(17-20)36-5)25(32)19-31(37(34,35)29(3)4)22-14-12-21(27)13-15-22/h9-15,17,24H,6-8,16,18-19H2,1-5H3,(H,28,33). The zero-order valence-corrected chi connectivity index (χ0v) is 22.9. The lowest BCUT2D eigenvalue weighted by Gasteiger charge is -2.34. The van der Waals surface area contributed by atoms with E-state index in [0.717, 1.165) is 39.1 Å². The molecule has 0 saturated carbocycles.